The van der Waals surface area contributed by atoms with Gasteiger partial charge in [-0.3, -0.25) is 9.67 Å². The van der Waals surface area contributed by atoms with Crippen LogP contribution in [-0.2, 0) is 13.6 Å². The van der Waals surface area contributed by atoms with E-state index in [9.17, 15) is 0 Å². The van der Waals surface area contributed by atoms with E-state index in [0.29, 0.717) is 5.41 Å². The van der Waals surface area contributed by atoms with Crippen molar-refractivity contribution < 1.29 is 0 Å². The van der Waals surface area contributed by atoms with Crippen LogP contribution < -0.4 is 10.6 Å². The molecule has 0 aliphatic heterocycles. The molecule has 0 atom stereocenters. The van der Waals surface area contributed by atoms with E-state index in [0.717, 1.165) is 19.0 Å². The Hall–Kier alpha value is -0.790. The zero-order valence-electron chi connectivity index (χ0n) is 13.4. The molecule has 2 rings (SSSR count). The highest BCUT2D eigenvalue weighted by Gasteiger charge is 2.31. The van der Waals surface area contributed by atoms with Crippen molar-refractivity contribution in [1.29, 1.82) is 0 Å². The van der Waals surface area contributed by atoms with Crippen LogP contribution in [0.5, 0.6) is 0 Å². The first-order valence-corrected chi connectivity index (χ1v) is 7.59. The molecule has 0 aromatic carbocycles. The smallest absolute Gasteiger partial charge is 0.191 e. The summed E-state index contributed by atoms with van der Waals surface area (Å²) in [6.07, 6.45) is 10.6. The van der Waals surface area contributed by atoms with Crippen LogP contribution in [0.4, 0.5) is 0 Å². The summed E-state index contributed by atoms with van der Waals surface area (Å²) in [6.45, 7) is 4.09. The number of rotatable bonds is 5. The van der Waals surface area contributed by atoms with Crippen molar-refractivity contribution in [2.45, 2.75) is 45.6 Å². The van der Waals surface area contributed by atoms with Crippen LogP contribution in [0.25, 0.3) is 0 Å². The van der Waals surface area contributed by atoms with E-state index in [-0.39, 0.29) is 24.0 Å². The number of nitrogens with one attached hydrogen (secondary N) is 2. The molecule has 0 unspecified atom stereocenters. The Morgan fingerprint density at radius 1 is 1.38 bits per heavy atom. The minimum absolute atomic E-state index is 0. The van der Waals surface area contributed by atoms with Gasteiger partial charge in [0.2, 0.25) is 0 Å². The number of aliphatic imine (C=N–C) groups is 1. The van der Waals surface area contributed by atoms with Crippen molar-refractivity contribution in [3.05, 3.63) is 18.0 Å². The maximum absolute atomic E-state index is 4.30. The number of guanidine groups is 1. The van der Waals surface area contributed by atoms with Crippen LogP contribution in [0, 0.1) is 5.41 Å². The number of hydrogen-bond donors (Lipinski definition) is 2. The molecule has 0 saturated heterocycles. The van der Waals surface area contributed by atoms with Gasteiger partial charge in [0.25, 0.3) is 0 Å². The molecule has 0 spiro atoms. The normalized spacial score (nSPS) is 17.4. The zero-order chi connectivity index (χ0) is 14.4. The van der Waals surface area contributed by atoms with Gasteiger partial charge in [-0.15, -0.1) is 24.0 Å². The molecule has 0 radical (unpaired) electrons. The van der Waals surface area contributed by atoms with Gasteiger partial charge in [0.1, 0.15) is 0 Å². The van der Waals surface area contributed by atoms with E-state index in [1.807, 2.05) is 31.2 Å². The largest absolute Gasteiger partial charge is 0.356 e. The van der Waals surface area contributed by atoms with Crippen LogP contribution in [0.3, 0.4) is 0 Å². The molecule has 6 heteroatoms. The first kappa shape index (κ1) is 18.3. The van der Waals surface area contributed by atoms with E-state index in [4.69, 9.17) is 0 Å². The molecule has 0 bridgehead atoms. The van der Waals surface area contributed by atoms with Crippen LogP contribution in [0.15, 0.2) is 17.4 Å². The lowest BCUT2D eigenvalue weighted by Gasteiger charge is -2.28. The number of aryl methyl sites for hydroxylation is 1. The molecular weight excluding hydrogens is 377 g/mol. The third-order valence-corrected chi connectivity index (χ3v) is 4.49. The molecule has 1 aliphatic rings. The fraction of sp³-hybridized carbons (Fsp3) is 0.733. The quantitative estimate of drug-likeness (QED) is 0.450. The summed E-state index contributed by atoms with van der Waals surface area (Å²) in [5.41, 5.74) is 1.65. The summed E-state index contributed by atoms with van der Waals surface area (Å²) in [7, 11) is 3.76. The summed E-state index contributed by atoms with van der Waals surface area (Å²) < 4.78 is 1.82. The molecule has 1 heterocycles. The molecule has 0 amide bonds. The minimum Gasteiger partial charge on any atom is -0.356 e. The lowest BCUT2D eigenvalue weighted by Crippen LogP contribution is -2.42. The Bertz CT molecular complexity index is 449. The first-order chi connectivity index (χ1) is 9.67. The molecule has 1 saturated carbocycles. The van der Waals surface area contributed by atoms with Gasteiger partial charge in [0.15, 0.2) is 5.96 Å². The van der Waals surface area contributed by atoms with Crippen LogP contribution in [-0.4, -0.2) is 29.3 Å². The fourth-order valence-corrected chi connectivity index (χ4v) is 3.02. The van der Waals surface area contributed by atoms with E-state index >= 15 is 0 Å². The number of halogens is 1. The molecule has 21 heavy (non-hydrogen) atoms. The van der Waals surface area contributed by atoms with Crippen molar-refractivity contribution in [2.24, 2.45) is 17.5 Å². The average molecular weight is 405 g/mol. The van der Waals surface area contributed by atoms with Crippen LogP contribution in [0.2, 0.25) is 0 Å². The van der Waals surface area contributed by atoms with Crippen molar-refractivity contribution in [3.63, 3.8) is 0 Å². The molecule has 1 fully saturated rings. The van der Waals surface area contributed by atoms with Gasteiger partial charge >= 0.3 is 0 Å². The zero-order valence-corrected chi connectivity index (χ0v) is 15.7. The van der Waals surface area contributed by atoms with E-state index < -0.39 is 0 Å². The molecule has 1 aromatic heterocycles. The van der Waals surface area contributed by atoms with Gasteiger partial charge in [0, 0.05) is 38.9 Å². The highest BCUT2D eigenvalue weighted by molar-refractivity contribution is 14.0. The predicted octanol–water partition coefficient (Wildman–Crippen LogP) is 2.67. The third-order valence-electron chi connectivity index (χ3n) is 4.49. The average Bonchev–Trinajstić information content (AvgIpc) is 3.09. The highest BCUT2D eigenvalue weighted by atomic mass is 127. The number of aromatic nitrogens is 2. The fourth-order valence-electron chi connectivity index (χ4n) is 3.02. The topological polar surface area (TPSA) is 54.2 Å². The van der Waals surface area contributed by atoms with E-state index in [2.05, 4.69) is 27.6 Å². The number of hydrogen-bond acceptors (Lipinski definition) is 2. The first-order valence-electron chi connectivity index (χ1n) is 7.59. The summed E-state index contributed by atoms with van der Waals surface area (Å²) in [6, 6.07) is 0. The van der Waals surface area contributed by atoms with Crippen molar-refractivity contribution in [2.75, 3.05) is 13.6 Å². The molecule has 1 aliphatic carbocycles. The predicted molar refractivity (Wildman–Crippen MR) is 98.0 cm³/mol. The monoisotopic (exact) mass is 405 g/mol. The summed E-state index contributed by atoms with van der Waals surface area (Å²) in [4.78, 5) is 4.30. The SMILES string of the molecule is CCC1(CNC(=NC)NCc2cnn(C)c2)CCCC1.I. The molecular formula is C15H28IN5. The Balaban J connectivity index is 0.00000220. The summed E-state index contributed by atoms with van der Waals surface area (Å²) in [5.74, 6) is 0.883. The second kappa shape index (κ2) is 8.60. The Kier molecular flexibility index (Phi) is 7.48. The lowest BCUT2D eigenvalue weighted by atomic mass is 9.83. The minimum atomic E-state index is 0. The summed E-state index contributed by atoms with van der Waals surface area (Å²) >= 11 is 0. The highest BCUT2D eigenvalue weighted by Crippen LogP contribution is 2.40. The Labute approximate surface area is 145 Å². The Morgan fingerprint density at radius 2 is 2.10 bits per heavy atom. The van der Waals surface area contributed by atoms with Gasteiger partial charge in [-0.2, -0.15) is 5.10 Å². The maximum Gasteiger partial charge on any atom is 0.191 e. The van der Waals surface area contributed by atoms with Gasteiger partial charge in [-0.25, -0.2) is 0 Å². The van der Waals surface area contributed by atoms with Gasteiger partial charge in [-0.05, 0) is 24.7 Å². The second-order valence-corrected chi connectivity index (χ2v) is 5.86. The second-order valence-electron chi connectivity index (χ2n) is 5.86. The molecule has 120 valence electrons. The number of nitrogens with zero attached hydrogens (tertiary/aromatic N) is 3. The van der Waals surface area contributed by atoms with Crippen molar-refractivity contribution in [1.82, 2.24) is 20.4 Å². The van der Waals surface area contributed by atoms with E-state index in [1.54, 1.807) is 0 Å². The molecule has 2 N–H and O–H groups in total. The van der Waals surface area contributed by atoms with Crippen LogP contribution in [0.1, 0.15) is 44.6 Å². The van der Waals surface area contributed by atoms with Crippen molar-refractivity contribution in [3.8, 4) is 0 Å². The molecule has 5 nitrogen and oxygen atoms in total. The standard InChI is InChI=1S/C15H27N5.HI/c1-4-15(7-5-6-8-15)12-18-14(16-2)17-9-13-10-19-20(3)11-13;/h10-11H,4-9,12H2,1-3H3,(H2,16,17,18);1H. The van der Waals surface area contributed by atoms with Crippen molar-refractivity contribution >= 4 is 29.9 Å². The Morgan fingerprint density at radius 3 is 2.62 bits per heavy atom. The lowest BCUT2D eigenvalue weighted by molar-refractivity contribution is 0.283. The van der Waals surface area contributed by atoms with Crippen LogP contribution >= 0.6 is 24.0 Å². The maximum atomic E-state index is 4.30. The summed E-state index contributed by atoms with van der Waals surface area (Å²) in [5, 5.41) is 11.0. The van der Waals surface area contributed by atoms with Gasteiger partial charge in [-0.1, -0.05) is 19.8 Å². The van der Waals surface area contributed by atoms with Gasteiger partial charge in [0.05, 0.1) is 6.20 Å². The van der Waals surface area contributed by atoms with E-state index in [1.165, 1.54) is 37.7 Å². The third kappa shape index (κ3) is 5.16. The molecule has 1 aromatic rings. The van der Waals surface area contributed by atoms with Gasteiger partial charge < -0.3 is 10.6 Å².